The minimum absolute atomic E-state index is 0.0897. The SMILES string of the molecule is CN(C)[C@H](C(=O)N1CCC[C@H]1c1ncc(-c2ccc(-c3ccc(-c4cnc([C@@H]5CCCN5C(=O)[C@H](NC(=O)O)c5ccccc5)[nH]4)cc3)cc2)[nH]1)c1ccccc1. The molecule has 2 aliphatic rings. The smallest absolute Gasteiger partial charge is 0.405 e. The average molecular weight is 763 g/mol. The molecule has 0 radical (unpaired) electrons. The molecular weight excluding hydrogens is 717 g/mol. The van der Waals surface area contributed by atoms with E-state index in [-0.39, 0.29) is 29.9 Å². The normalized spacial score (nSPS) is 17.8. The molecule has 2 fully saturated rings. The lowest BCUT2D eigenvalue weighted by atomic mass is 10.0. The van der Waals surface area contributed by atoms with Crippen molar-refractivity contribution in [2.75, 3.05) is 27.2 Å². The molecule has 6 aromatic rings. The van der Waals surface area contributed by atoms with Crippen LogP contribution < -0.4 is 5.32 Å². The molecule has 4 aromatic carbocycles. The number of nitrogens with zero attached hydrogens (tertiary/aromatic N) is 5. The molecule has 12 nitrogen and oxygen atoms in total. The molecule has 0 unspecified atom stereocenters. The third-order valence-electron chi connectivity index (χ3n) is 11.1. The third-order valence-corrected chi connectivity index (χ3v) is 11.1. The lowest BCUT2D eigenvalue weighted by molar-refractivity contribution is -0.137. The van der Waals surface area contributed by atoms with Crippen LogP contribution in [0, 0.1) is 0 Å². The maximum absolute atomic E-state index is 13.9. The van der Waals surface area contributed by atoms with Gasteiger partial charge in [-0.15, -0.1) is 0 Å². The number of carboxylic acid groups (broad SMARTS) is 1. The third kappa shape index (κ3) is 7.81. The Bertz CT molecular complexity index is 2320. The summed E-state index contributed by atoms with van der Waals surface area (Å²) in [5.41, 5.74) is 7.44. The summed E-state index contributed by atoms with van der Waals surface area (Å²) in [7, 11) is 3.90. The Labute approximate surface area is 331 Å². The molecule has 2 aromatic heterocycles. The maximum Gasteiger partial charge on any atom is 0.405 e. The molecule has 12 heteroatoms. The van der Waals surface area contributed by atoms with Crippen LogP contribution in [0.5, 0.6) is 0 Å². The molecule has 0 bridgehead atoms. The number of likely N-dealkylation sites (N-methyl/N-ethyl adjacent to an activating group) is 1. The van der Waals surface area contributed by atoms with E-state index in [2.05, 4.69) is 68.8 Å². The summed E-state index contributed by atoms with van der Waals surface area (Å²) in [4.78, 5) is 61.3. The summed E-state index contributed by atoms with van der Waals surface area (Å²) in [6, 6.07) is 33.7. The number of carbonyl (C=O) groups is 3. The quantitative estimate of drug-likeness (QED) is 0.105. The van der Waals surface area contributed by atoms with E-state index in [1.165, 1.54) is 0 Å². The highest BCUT2D eigenvalue weighted by Crippen LogP contribution is 2.37. The van der Waals surface area contributed by atoms with Gasteiger partial charge in [0.25, 0.3) is 5.91 Å². The molecule has 4 atom stereocenters. The highest BCUT2D eigenvalue weighted by Gasteiger charge is 2.38. The molecular formula is C45H46N8O4. The lowest BCUT2D eigenvalue weighted by Gasteiger charge is -2.31. The van der Waals surface area contributed by atoms with Crippen LogP contribution in [0.4, 0.5) is 4.79 Å². The zero-order valence-electron chi connectivity index (χ0n) is 32.0. The van der Waals surface area contributed by atoms with Crippen LogP contribution in [0.1, 0.15) is 72.6 Å². The maximum atomic E-state index is 13.9. The number of imidazole rings is 2. The largest absolute Gasteiger partial charge is 0.465 e. The predicted molar refractivity (Wildman–Crippen MR) is 218 cm³/mol. The van der Waals surface area contributed by atoms with Gasteiger partial charge >= 0.3 is 6.09 Å². The predicted octanol–water partition coefficient (Wildman–Crippen LogP) is 7.77. The molecule has 2 saturated heterocycles. The van der Waals surface area contributed by atoms with E-state index in [4.69, 9.17) is 4.98 Å². The fourth-order valence-electron chi connectivity index (χ4n) is 8.30. The Morgan fingerprint density at radius 3 is 1.54 bits per heavy atom. The first-order chi connectivity index (χ1) is 27.7. The fraction of sp³-hybridized carbons (Fsp3) is 0.267. The standard InChI is InChI=1S/C45H46N8O4/c1-51(2)40(34-13-7-4-8-14-34)44(55)53-26-10-16-38(53)42-47-28-36(49-42)32-23-19-30(20-24-32)29-17-21-31(22-18-29)35-27-46-41(48-35)37-15-9-25-52(37)43(54)39(50-45(56)57)33-11-5-3-6-12-33/h3-8,11-14,17-24,27-28,37-40,50H,9-10,15-16,25-26H2,1-2H3,(H,46,48)(H,47,49)(H,56,57)/t37-,38-,39+,40-/m0/s1. The second kappa shape index (κ2) is 16.3. The van der Waals surface area contributed by atoms with Crippen LogP contribution >= 0.6 is 0 Å². The molecule has 4 N–H and O–H groups in total. The first kappa shape index (κ1) is 37.4. The van der Waals surface area contributed by atoms with Crippen LogP contribution in [0.3, 0.4) is 0 Å². The Morgan fingerprint density at radius 2 is 1.09 bits per heavy atom. The van der Waals surface area contributed by atoms with E-state index in [1.54, 1.807) is 35.4 Å². The van der Waals surface area contributed by atoms with Crippen LogP contribution in [0.15, 0.2) is 122 Å². The number of likely N-dealkylation sites (tertiary alicyclic amines) is 2. The molecule has 3 amide bonds. The second-order valence-electron chi connectivity index (χ2n) is 15.0. The summed E-state index contributed by atoms with van der Waals surface area (Å²) < 4.78 is 0. The number of aromatic nitrogens is 4. The number of aromatic amines is 2. The summed E-state index contributed by atoms with van der Waals surface area (Å²) in [5, 5.41) is 11.9. The van der Waals surface area contributed by atoms with Crippen molar-refractivity contribution in [1.82, 2.24) is 40.0 Å². The van der Waals surface area contributed by atoms with Crippen LogP contribution in [0.2, 0.25) is 0 Å². The highest BCUT2D eigenvalue weighted by molar-refractivity contribution is 5.87. The van der Waals surface area contributed by atoms with Gasteiger partial charge in [0.1, 0.15) is 23.7 Å². The minimum Gasteiger partial charge on any atom is -0.465 e. The first-order valence-corrected chi connectivity index (χ1v) is 19.4. The first-order valence-electron chi connectivity index (χ1n) is 19.4. The Hall–Kier alpha value is -6.53. The molecule has 0 saturated carbocycles. The van der Waals surface area contributed by atoms with Crippen molar-refractivity contribution in [2.45, 2.75) is 49.9 Å². The van der Waals surface area contributed by atoms with Crippen LogP contribution in [0.25, 0.3) is 33.6 Å². The number of hydrogen-bond donors (Lipinski definition) is 4. The zero-order chi connectivity index (χ0) is 39.5. The fourth-order valence-corrected chi connectivity index (χ4v) is 8.30. The van der Waals surface area contributed by atoms with Crippen molar-refractivity contribution in [3.63, 3.8) is 0 Å². The van der Waals surface area contributed by atoms with Gasteiger partial charge in [-0.1, -0.05) is 109 Å². The van der Waals surface area contributed by atoms with Gasteiger partial charge in [-0.3, -0.25) is 14.5 Å². The average Bonchev–Trinajstić information content (AvgIpc) is 4.08. The van der Waals surface area contributed by atoms with Crippen LogP contribution in [-0.2, 0) is 9.59 Å². The number of carbonyl (C=O) groups excluding carboxylic acids is 2. The van der Waals surface area contributed by atoms with E-state index >= 15 is 0 Å². The monoisotopic (exact) mass is 762 g/mol. The van der Waals surface area contributed by atoms with E-state index in [9.17, 15) is 19.5 Å². The number of benzene rings is 4. The Kier molecular flexibility index (Phi) is 10.7. The number of H-pyrrole nitrogens is 2. The number of hydrogen-bond acceptors (Lipinski definition) is 6. The summed E-state index contributed by atoms with van der Waals surface area (Å²) in [6.45, 7) is 1.22. The number of amides is 3. The molecule has 4 heterocycles. The zero-order valence-corrected chi connectivity index (χ0v) is 32.0. The molecule has 0 spiro atoms. The van der Waals surface area contributed by atoms with Crippen molar-refractivity contribution in [3.8, 4) is 33.6 Å². The number of nitrogens with one attached hydrogen (secondary N) is 3. The molecule has 57 heavy (non-hydrogen) atoms. The van der Waals surface area contributed by atoms with Gasteiger partial charge < -0.3 is 30.2 Å². The van der Waals surface area contributed by atoms with Crippen molar-refractivity contribution >= 4 is 17.9 Å². The molecule has 0 aliphatic carbocycles. The summed E-state index contributed by atoms with van der Waals surface area (Å²) in [6.07, 6.45) is 5.71. The van der Waals surface area contributed by atoms with Gasteiger partial charge in [0.15, 0.2) is 0 Å². The molecule has 290 valence electrons. The van der Waals surface area contributed by atoms with Gasteiger partial charge in [0.2, 0.25) is 5.91 Å². The van der Waals surface area contributed by atoms with Crippen molar-refractivity contribution in [2.24, 2.45) is 0 Å². The van der Waals surface area contributed by atoms with Crippen molar-refractivity contribution in [1.29, 1.82) is 0 Å². The second-order valence-corrected chi connectivity index (χ2v) is 15.0. The van der Waals surface area contributed by atoms with Crippen molar-refractivity contribution in [3.05, 3.63) is 144 Å². The molecule has 8 rings (SSSR count). The topological polar surface area (TPSA) is 151 Å². The Balaban J connectivity index is 0.930. The number of rotatable bonds is 11. The van der Waals surface area contributed by atoms with Crippen LogP contribution in [-0.4, -0.2) is 84.8 Å². The molecule has 2 aliphatic heterocycles. The van der Waals surface area contributed by atoms with Gasteiger partial charge in [0, 0.05) is 13.1 Å². The Morgan fingerprint density at radius 1 is 0.649 bits per heavy atom. The highest BCUT2D eigenvalue weighted by atomic mass is 16.4. The van der Waals surface area contributed by atoms with E-state index in [0.29, 0.717) is 24.5 Å². The lowest BCUT2D eigenvalue weighted by Crippen LogP contribution is -2.42. The van der Waals surface area contributed by atoms with Gasteiger partial charge in [0.05, 0.1) is 35.9 Å². The summed E-state index contributed by atoms with van der Waals surface area (Å²) in [5.74, 6) is 1.28. The van der Waals surface area contributed by atoms with E-state index in [1.807, 2.05) is 66.5 Å². The van der Waals surface area contributed by atoms with Crippen molar-refractivity contribution < 1.29 is 19.5 Å². The van der Waals surface area contributed by atoms with Gasteiger partial charge in [-0.25, -0.2) is 14.8 Å². The van der Waals surface area contributed by atoms with Gasteiger partial charge in [-0.05, 0) is 73.2 Å². The van der Waals surface area contributed by atoms with Gasteiger partial charge in [-0.2, -0.15) is 0 Å². The minimum atomic E-state index is -1.25. The van der Waals surface area contributed by atoms with E-state index < -0.39 is 12.1 Å². The van der Waals surface area contributed by atoms with E-state index in [0.717, 1.165) is 70.7 Å². The summed E-state index contributed by atoms with van der Waals surface area (Å²) >= 11 is 0.